The number of fused-ring (bicyclic) bond motifs is 1. The van der Waals surface area contributed by atoms with Crippen molar-refractivity contribution in [2.45, 2.75) is 38.5 Å². The fraction of sp³-hybridized carbons (Fsp3) is 0.500. The molecule has 0 amide bonds. The fourth-order valence-electron chi connectivity index (χ4n) is 2.64. The van der Waals surface area contributed by atoms with Gasteiger partial charge in [-0.2, -0.15) is 0 Å². The lowest BCUT2D eigenvalue weighted by Crippen LogP contribution is -2.35. The van der Waals surface area contributed by atoms with Crippen molar-refractivity contribution in [3.05, 3.63) is 38.6 Å². The maximum Gasteiger partial charge on any atom is 0.256 e. The largest absolute Gasteiger partial charge is 0.361 e. The molecule has 1 aliphatic rings. The van der Waals surface area contributed by atoms with Gasteiger partial charge in [-0.25, -0.2) is 4.98 Å². The molecule has 21 heavy (non-hydrogen) atoms. The second-order valence-electron chi connectivity index (χ2n) is 5.26. The SMILES string of the molecule is CSc1nc2c(c(=O)[nH]1)CN(Cc1c(C)noc1C)CC2. The zero-order valence-corrected chi connectivity index (χ0v) is 13.2. The Kier molecular flexibility index (Phi) is 3.86. The van der Waals surface area contributed by atoms with Gasteiger partial charge in [-0.1, -0.05) is 16.9 Å². The Bertz CT molecular complexity index is 703. The molecule has 0 saturated heterocycles. The van der Waals surface area contributed by atoms with Gasteiger partial charge in [0.25, 0.3) is 5.56 Å². The number of aryl methyl sites for hydroxylation is 2. The maximum atomic E-state index is 12.2. The summed E-state index contributed by atoms with van der Waals surface area (Å²) in [5.41, 5.74) is 3.73. The first-order valence-corrected chi connectivity index (χ1v) is 8.11. The summed E-state index contributed by atoms with van der Waals surface area (Å²) in [7, 11) is 0. The second kappa shape index (κ2) is 5.65. The van der Waals surface area contributed by atoms with Crippen LogP contribution in [0.5, 0.6) is 0 Å². The molecule has 2 aromatic heterocycles. The van der Waals surface area contributed by atoms with E-state index in [-0.39, 0.29) is 5.56 Å². The van der Waals surface area contributed by atoms with Crippen molar-refractivity contribution in [1.29, 1.82) is 0 Å². The highest BCUT2D eigenvalue weighted by Crippen LogP contribution is 2.21. The third kappa shape index (κ3) is 2.75. The predicted molar refractivity (Wildman–Crippen MR) is 80.4 cm³/mol. The Morgan fingerprint density at radius 2 is 2.24 bits per heavy atom. The van der Waals surface area contributed by atoms with Crippen LogP contribution in [-0.4, -0.2) is 32.8 Å². The van der Waals surface area contributed by atoms with Gasteiger partial charge in [0.05, 0.1) is 17.0 Å². The van der Waals surface area contributed by atoms with E-state index in [1.54, 1.807) is 0 Å². The highest BCUT2D eigenvalue weighted by Gasteiger charge is 2.23. The van der Waals surface area contributed by atoms with Crippen LogP contribution in [0.15, 0.2) is 14.5 Å². The number of rotatable bonds is 3. The van der Waals surface area contributed by atoms with Crippen molar-refractivity contribution in [2.75, 3.05) is 12.8 Å². The number of hydrogen-bond donors (Lipinski definition) is 1. The van der Waals surface area contributed by atoms with Crippen LogP contribution < -0.4 is 5.56 Å². The molecular formula is C14H18N4O2S. The van der Waals surface area contributed by atoms with Gasteiger partial charge in [0.2, 0.25) is 0 Å². The van der Waals surface area contributed by atoms with Crippen LogP contribution in [0.1, 0.15) is 28.3 Å². The van der Waals surface area contributed by atoms with Crippen LogP contribution in [0.4, 0.5) is 0 Å². The molecular weight excluding hydrogens is 288 g/mol. The minimum Gasteiger partial charge on any atom is -0.361 e. The summed E-state index contributed by atoms with van der Waals surface area (Å²) in [5, 5.41) is 4.67. The lowest BCUT2D eigenvalue weighted by atomic mass is 10.1. The third-order valence-corrected chi connectivity index (χ3v) is 4.46. The average molecular weight is 306 g/mol. The van der Waals surface area contributed by atoms with Crippen LogP contribution in [0.3, 0.4) is 0 Å². The zero-order chi connectivity index (χ0) is 15.0. The molecule has 0 fully saturated rings. The van der Waals surface area contributed by atoms with E-state index in [2.05, 4.69) is 20.0 Å². The summed E-state index contributed by atoms with van der Waals surface area (Å²) in [6.45, 7) is 6.14. The van der Waals surface area contributed by atoms with E-state index in [4.69, 9.17) is 4.52 Å². The summed E-state index contributed by atoms with van der Waals surface area (Å²) in [6, 6.07) is 0. The van der Waals surface area contributed by atoms with Crippen LogP contribution in [0, 0.1) is 13.8 Å². The molecule has 0 aromatic carbocycles. The van der Waals surface area contributed by atoms with Crippen molar-refractivity contribution in [3.8, 4) is 0 Å². The molecule has 3 rings (SSSR count). The Hall–Kier alpha value is -1.60. The molecule has 1 aliphatic heterocycles. The smallest absolute Gasteiger partial charge is 0.256 e. The van der Waals surface area contributed by atoms with Crippen LogP contribution >= 0.6 is 11.8 Å². The molecule has 0 aliphatic carbocycles. The molecule has 0 unspecified atom stereocenters. The van der Waals surface area contributed by atoms with Gasteiger partial charge >= 0.3 is 0 Å². The minimum absolute atomic E-state index is 0.0205. The molecule has 0 atom stereocenters. The first-order chi connectivity index (χ1) is 10.1. The standard InChI is InChI=1S/C14H18N4O2S/c1-8-10(9(2)20-17-8)6-18-5-4-12-11(7-18)13(19)16-14(15-12)21-3/h4-7H2,1-3H3,(H,15,16,19). The monoisotopic (exact) mass is 306 g/mol. The number of thioether (sulfide) groups is 1. The van der Waals surface area contributed by atoms with E-state index >= 15 is 0 Å². The summed E-state index contributed by atoms with van der Waals surface area (Å²) in [4.78, 5) is 21.7. The van der Waals surface area contributed by atoms with E-state index in [0.29, 0.717) is 11.7 Å². The van der Waals surface area contributed by atoms with Gasteiger partial charge in [0, 0.05) is 31.6 Å². The number of nitrogens with zero attached hydrogens (tertiary/aromatic N) is 3. The lowest BCUT2D eigenvalue weighted by Gasteiger charge is -2.27. The Labute approximate surface area is 126 Å². The number of hydrogen-bond acceptors (Lipinski definition) is 6. The summed E-state index contributed by atoms with van der Waals surface area (Å²) in [6.07, 6.45) is 2.72. The van der Waals surface area contributed by atoms with Gasteiger partial charge in [-0.05, 0) is 20.1 Å². The summed E-state index contributed by atoms with van der Waals surface area (Å²) in [5.74, 6) is 0.850. The zero-order valence-electron chi connectivity index (χ0n) is 12.4. The van der Waals surface area contributed by atoms with Gasteiger partial charge < -0.3 is 9.51 Å². The van der Waals surface area contributed by atoms with E-state index in [1.807, 2.05) is 20.1 Å². The highest BCUT2D eigenvalue weighted by atomic mass is 32.2. The maximum absolute atomic E-state index is 12.2. The molecule has 1 N–H and O–H groups in total. The first-order valence-electron chi connectivity index (χ1n) is 6.88. The quantitative estimate of drug-likeness (QED) is 0.686. The number of H-pyrrole nitrogens is 1. The number of aromatic nitrogens is 3. The third-order valence-electron chi connectivity index (χ3n) is 3.88. The Morgan fingerprint density at radius 1 is 1.43 bits per heavy atom. The fourth-order valence-corrected chi connectivity index (χ4v) is 3.04. The topological polar surface area (TPSA) is 75.0 Å². The Morgan fingerprint density at radius 3 is 2.90 bits per heavy atom. The second-order valence-corrected chi connectivity index (χ2v) is 6.06. The van der Waals surface area contributed by atoms with Gasteiger partial charge in [0.15, 0.2) is 5.16 Å². The lowest BCUT2D eigenvalue weighted by molar-refractivity contribution is 0.239. The van der Waals surface area contributed by atoms with E-state index in [1.165, 1.54) is 11.8 Å². The van der Waals surface area contributed by atoms with Crippen LogP contribution in [-0.2, 0) is 19.5 Å². The first kappa shape index (κ1) is 14.3. The average Bonchev–Trinajstić information content (AvgIpc) is 2.79. The normalized spacial score (nSPS) is 15.2. The van der Waals surface area contributed by atoms with E-state index in [9.17, 15) is 4.79 Å². The van der Waals surface area contributed by atoms with Crippen molar-refractivity contribution in [2.24, 2.45) is 0 Å². The molecule has 0 saturated carbocycles. The molecule has 6 nitrogen and oxygen atoms in total. The summed E-state index contributed by atoms with van der Waals surface area (Å²) >= 11 is 1.46. The number of aromatic amines is 1. The van der Waals surface area contributed by atoms with Gasteiger partial charge in [-0.3, -0.25) is 9.69 Å². The minimum atomic E-state index is -0.0205. The summed E-state index contributed by atoms with van der Waals surface area (Å²) < 4.78 is 5.20. The van der Waals surface area contributed by atoms with Crippen LogP contribution in [0.25, 0.3) is 0 Å². The highest BCUT2D eigenvalue weighted by molar-refractivity contribution is 7.98. The van der Waals surface area contributed by atoms with Crippen molar-refractivity contribution in [1.82, 2.24) is 20.0 Å². The van der Waals surface area contributed by atoms with Crippen molar-refractivity contribution >= 4 is 11.8 Å². The van der Waals surface area contributed by atoms with Crippen LogP contribution in [0.2, 0.25) is 0 Å². The van der Waals surface area contributed by atoms with E-state index in [0.717, 1.165) is 47.8 Å². The molecule has 7 heteroatoms. The molecule has 0 radical (unpaired) electrons. The predicted octanol–water partition coefficient (Wildman–Crippen LogP) is 1.65. The van der Waals surface area contributed by atoms with Crippen molar-refractivity contribution < 1.29 is 4.52 Å². The van der Waals surface area contributed by atoms with Crippen molar-refractivity contribution in [3.63, 3.8) is 0 Å². The molecule has 0 bridgehead atoms. The van der Waals surface area contributed by atoms with Gasteiger partial charge in [-0.15, -0.1) is 0 Å². The molecule has 2 aromatic rings. The van der Waals surface area contributed by atoms with Gasteiger partial charge in [0.1, 0.15) is 5.76 Å². The van der Waals surface area contributed by atoms with E-state index < -0.39 is 0 Å². The Balaban J connectivity index is 1.83. The molecule has 3 heterocycles. The molecule has 0 spiro atoms. The number of nitrogens with one attached hydrogen (secondary N) is 1. The molecule has 112 valence electrons.